The van der Waals surface area contributed by atoms with E-state index in [0.717, 1.165) is 22.2 Å². The van der Waals surface area contributed by atoms with Gasteiger partial charge in [-0.15, -0.1) is 0 Å². The monoisotopic (exact) mass is 197 g/mol. The van der Waals surface area contributed by atoms with Gasteiger partial charge in [-0.3, -0.25) is 4.98 Å². The number of nitrogens with zero attached hydrogens (tertiary/aromatic N) is 2. The van der Waals surface area contributed by atoms with E-state index in [9.17, 15) is 0 Å². The van der Waals surface area contributed by atoms with Gasteiger partial charge in [0, 0.05) is 11.1 Å². The second kappa shape index (κ2) is 3.68. The zero-order valence-electron chi connectivity index (χ0n) is 8.44. The molecule has 3 heteroatoms. The van der Waals surface area contributed by atoms with Crippen molar-refractivity contribution in [3.05, 3.63) is 41.6 Å². The molecule has 0 aliphatic heterocycles. The van der Waals surface area contributed by atoms with Gasteiger partial charge >= 0.3 is 0 Å². The molecule has 2 rings (SSSR count). The molecule has 2 aromatic rings. The van der Waals surface area contributed by atoms with E-state index in [-0.39, 0.29) is 0 Å². The smallest absolute Gasteiger partial charge is 0.118 e. The molecule has 74 valence electrons. The standard InChI is InChI=1S/C12H11N3/c1-8-2-3-10-6-9(11(14)7-13)4-5-12(10)15-8/h2-6,11H,14H2,1H3. The highest BCUT2D eigenvalue weighted by molar-refractivity contribution is 5.79. The number of hydrogen-bond donors (Lipinski definition) is 1. The number of aryl methyl sites for hydroxylation is 1. The minimum absolute atomic E-state index is 0.560. The molecule has 1 aromatic heterocycles. The Hall–Kier alpha value is -1.92. The van der Waals surface area contributed by atoms with Crippen LogP contribution >= 0.6 is 0 Å². The first-order chi connectivity index (χ1) is 7.20. The highest BCUT2D eigenvalue weighted by atomic mass is 14.7. The molecule has 0 saturated carbocycles. The summed E-state index contributed by atoms with van der Waals surface area (Å²) < 4.78 is 0. The van der Waals surface area contributed by atoms with Gasteiger partial charge in [0.1, 0.15) is 6.04 Å². The van der Waals surface area contributed by atoms with Gasteiger partial charge < -0.3 is 5.73 Å². The van der Waals surface area contributed by atoms with Crippen molar-refractivity contribution >= 4 is 10.9 Å². The normalized spacial score (nSPS) is 12.3. The van der Waals surface area contributed by atoms with Crippen LogP contribution in [0.4, 0.5) is 0 Å². The number of aromatic nitrogens is 1. The van der Waals surface area contributed by atoms with Crippen LogP contribution in [0.2, 0.25) is 0 Å². The van der Waals surface area contributed by atoms with Gasteiger partial charge in [-0.2, -0.15) is 5.26 Å². The number of benzene rings is 1. The van der Waals surface area contributed by atoms with Gasteiger partial charge in [0.15, 0.2) is 0 Å². The molecular weight excluding hydrogens is 186 g/mol. The zero-order valence-corrected chi connectivity index (χ0v) is 8.44. The number of nitrogens with two attached hydrogens (primary N) is 1. The lowest BCUT2D eigenvalue weighted by Gasteiger charge is -2.04. The SMILES string of the molecule is Cc1ccc2cc(C(N)C#N)ccc2n1. The van der Waals surface area contributed by atoms with Crippen molar-refractivity contribution in [2.24, 2.45) is 5.73 Å². The summed E-state index contributed by atoms with van der Waals surface area (Å²) in [4.78, 5) is 4.38. The third kappa shape index (κ3) is 1.80. The molecule has 0 spiro atoms. The minimum atomic E-state index is -0.560. The summed E-state index contributed by atoms with van der Waals surface area (Å²) >= 11 is 0. The van der Waals surface area contributed by atoms with Crippen molar-refractivity contribution in [1.82, 2.24) is 4.98 Å². The third-order valence-electron chi connectivity index (χ3n) is 2.35. The lowest BCUT2D eigenvalue weighted by molar-refractivity contribution is 0.928. The molecule has 0 amide bonds. The summed E-state index contributed by atoms with van der Waals surface area (Å²) in [5, 5.41) is 9.73. The summed E-state index contributed by atoms with van der Waals surface area (Å²) in [6.07, 6.45) is 0. The molecule has 1 heterocycles. The minimum Gasteiger partial charge on any atom is -0.312 e. The molecule has 3 nitrogen and oxygen atoms in total. The Morgan fingerprint density at radius 2 is 2.13 bits per heavy atom. The van der Waals surface area contributed by atoms with E-state index in [0.29, 0.717) is 0 Å². The maximum atomic E-state index is 8.71. The Morgan fingerprint density at radius 3 is 2.87 bits per heavy atom. The Labute approximate surface area is 88.2 Å². The first-order valence-corrected chi connectivity index (χ1v) is 4.73. The molecular formula is C12H11N3. The Balaban J connectivity index is 2.58. The number of hydrogen-bond acceptors (Lipinski definition) is 3. The molecule has 0 saturated heterocycles. The van der Waals surface area contributed by atoms with Crippen LogP contribution in [0.3, 0.4) is 0 Å². The fraction of sp³-hybridized carbons (Fsp3) is 0.167. The first-order valence-electron chi connectivity index (χ1n) is 4.73. The lowest BCUT2D eigenvalue weighted by atomic mass is 10.1. The van der Waals surface area contributed by atoms with Crippen LogP contribution in [0.25, 0.3) is 10.9 Å². The number of pyridine rings is 1. The van der Waals surface area contributed by atoms with Gasteiger partial charge in [0.25, 0.3) is 0 Å². The quantitative estimate of drug-likeness (QED) is 0.761. The van der Waals surface area contributed by atoms with E-state index in [1.165, 1.54) is 0 Å². The van der Waals surface area contributed by atoms with E-state index in [4.69, 9.17) is 11.0 Å². The Bertz CT molecular complexity index is 540. The van der Waals surface area contributed by atoms with E-state index in [1.807, 2.05) is 43.3 Å². The fourth-order valence-electron chi connectivity index (χ4n) is 1.51. The van der Waals surface area contributed by atoms with Crippen LogP contribution in [0, 0.1) is 18.3 Å². The summed E-state index contributed by atoms with van der Waals surface area (Å²) in [6.45, 7) is 1.95. The van der Waals surface area contributed by atoms with E-state index in [1.54, 1.807) is 0 Å². The molecule has 1 aromatic carbocycles. The molecule has 15 heavy (non-hydrogen) atoms. The predicted molar refractivity (Wildman–Crippen MR) is 59.0 cm³/mol. The topological polar surface area (TPSA) is 62.7 Å². The average molecular weight is 197 g/mol. The van der Waals surface area contributed by atoms with Crippen molar-refractivity contribution < 1.29 is 0 Å². The van der Waals surface area contributed by atoms with Crippen LogP contribution in [0.5, 0.6) is 0 Å². The molecule has 1 unspecified atom stereocenters. The highest BCUT2D eigenvalue weighted by Crippen LogP contribution is 2.18. The average Bonchev–Trinajstić information content (AvgIpc) is 2.27. The maximum Gasteiger partial charge on any atom is 0.118 e. The van der Waals surface area contributed by atoms with Gasteiger partial charge in [0.2, 0.25) is 0 Å². The van der Waals surface area contributed by atoms with Crippen LogP contribution < -0.4 is 5.73 Å². The van der Waals surface area contributed by atoms with Gasteiger partial charge in [-0.05, 0) is 30.7 Å². The number of fused-ring (bicyclic) bond motifs is 1. The summed E-state index contributed by atoms with van der Waals surface area (Å²) in [6, 6.07) is 11.1. The van der Waals surface area contributed by atoms with E-state index < -0.39 is 6.04 Å². The summed E-state index contributed by atoms with van der Waals surface area (Å²) in [7, 11) is 0. The van der Waals surface area contributed by atoms with Crippen LogP contribution in [-0.4, -0.2) is 4.98 Å². The van der Waals surface area contributed by atoms with Crippen molar-refractivity contribution in [3.8, 4) is 6.07 Å². The van der Waals surface area contributed by atoms with Crippen LogP contribution in [-0.2, 0) is 0 Å². The molecule has 0 fully saturated rings. The van der Waals surface area contributed by atoms with Crippen LogP contribution in [0.1, 0.15) is 17.3 Å². The predicted octanol–water partition coefficient (Wildman–Crippen LogP) is 2.07. The Kier molecular flexibility index (Phi) is 2.36. The van der Waals surface area contributed by atoms with E-state index in [2.05, 4.69) is 4.98 Å². The summed E-state index contributed by atoms with van der Waals surface area (Å²) in [5.41, 5.74) is 8.38. The third-order valence-corrected chi connectivity index (χ3v) is 2.35. The maximum absolute atomic E-state index is 8.71. The van der Waals surface area contributed by atoms with Crippen molar-refractivity contribution in [2.45, 2.75) is 13.0 Å². The molecule has 0 bridgehead atoms. The molecule has 1 atom stereocenters. The second-order valence-corrected chi connectivity index (χ2v) is 3.51. The molecule has 0 aliphatic rings. The highest BCUT2D eigenvalue weighted by Gasteiger charge is 2.04. The largest absolute Gasteiger partial charge is 0.312 e. The summed E-state index contributed by atoms with van der Waals surface area (Å²) in [5.74, 6) is 0. The van der Waals surface area contributed by atoms with Gasteiger partial charge in [-0.1, -0.05) is 12.1 Å². The lowest BCUT2D eigenvalue weighted by Crippen LogP contribution is -2.06. The van der Waals surface area contributed by atoms with Gasteiger partial charge in [-0.25, -0.2) is 0 Å². The van der Waals surface area contributed by atoms with Gasteiger partial charge in [0.05, 0.1) is 11.6 Å². The van der Waals surface area contributed by atoms with Crippen molar-refractivity contribution in [1.29, 1.82) is 5.26 Å². The number of nitriles is 1. The zero-order chi connectivity index (χ0) is 10.8. The number of rotatable bonds is 1. The fourth-order valence-corrected chi connectivity index (χ4v) is 1.51. The van der Waals surface area contributed by atoms with Crippen molar-refractivity contribution in [2.75, 3.05) is 0 Å². The van der Waals surface area contributed by atoms with Crippen molar-refractivity contribution in [3.63, 3.8) is 0 Å². The Morgan fingerprint density at radius 1 is 1.33 bits per heavy atom. The molecule has 0 aliphatic carbocycles. The van der Waals surface area contributed by atoms with E-state index >= 15 is 0 Å². The van der Waals surface area contributed by atoms with Crippen LogP contribution in [0.15, 0.2) is 30.3 Å². The second-order valence-electron chi connectivity index (χ2n) is 3.51. The molecule has 2 N–H and O–H groups in total. The molecule has 0 radical (unpaired) electrons. The first kappa shape index (κ1) is 9.63.